The van der Waals surface area contributed by atoms with Crippen LogP contribution in [0.4, 0.5) is 0 Å². The van der Waals surface area contributed by atoms with Gasteiger partial charge in [-0.05, 0) is 26.7 Å². The molecule has 0 aromatic heterocycles. The van der Waals surface area contributed by atoms with Crippen molar-refractivity contribution in [2.24, 2.45) is 0 Å². The van der Waals surface area contributed by atoms with E-state index in [4.69, 9.17) is 4.74 Å². The Labute approximate surface area is 86.8 Å². The molecule has 2 rings (SSSR count). The fraction of sp³-hybridized carbons (Fsp3) is 1.00. The SMILES string of the molecule is CC1CNCCN1C(C)C1CCCO1. The van der Waals surface area contributed by atoms with Gasteiger partial charge >= 0.3 is 0 Å². The fourth-order valence-corrected chi connectivity index (χ4v) is 2.66. The van der Waals surface area contributed by atoms with Crippen LogP contribution in [0.15, 0.2) is 0 Å². The van der Waals surface area contributed by atoms with Crippen molar-refractivity contribution in [3.8, 4) is 0 Å². The van der Waals surface area contributed by atoms with Crippen LogP contribution in [0.3, 0.4) is 0 Å². The Morgan fingerprint density at radius 3 is 3.00 bits per heavy atom. The molecule has 2 fully saturated rings. The number of rotatable bonds is 2. The summed E-state index contributed by atoms with van der Waals surface area (Å²) in [5.41, 5.74) is 0. The molecule has 2 heterocycles. The van der Waals surface area contributed by atoms with Gasteiger partial charge in [0.1, 0.15) is 0 Å². The molecule has 0 spiro atoms. The maximum Gasteiger partial charge on any atom is 0.0728 e. The van der Waals surface area contributed by atoms with E-state index in [2.05, 4.69) is 24.1 Å². The molecule has 3 atom stereocenters. The van der Waals surface area contributed by atoms with Crippen LogP contribution in [-0.4, -0.2) is 49.3 Å². The van der Waals surface area contributed by atoms with E-state index in [0.717, 1.165) is 19.7 Å². The third-order valence-corrected chi connectivity index (χ3v) is 3.58. The van der Waals surface area contributed by atoms with Crippen molar-refractivity contribution in [3.63, 3.8) is 0 Å². The predicted molar refractivity (Wildman–Crippen MR) is 57.5 cm³/mol. The largest absolute Gasteiger partial charge is 0.377 e. The van der Waals surface area contributed by atoms with Gasteiger partial charge in [-0.1, -0.05) is 0 Å². The highest BCUT2D eigenvalue weighted by Crippen LogP contribution is 2.21. The molecule has 0 amide bonds. The highest BCUT2D eigenvalue weighted by atomic mass is 16.5. The third kappa shape index (κ3) is 2.10. The summed E-state index contributed by atoms with van der Waals surface area (Å²) < 4.78 is 5.75. The molecule has 2 aliphatic rings. The highest BCUT2D eigenvalue weighted by molar-refractivity contribution is 4.86. The average molecular weight is 198 g/mol. The first-order chi connectivity index (χ1) is 6.79. The molecule has 3 heteroatoms. The molecule has 1 N–H and O–H groups in total. The molecule has 3 unspecified atom stereocenters. The first-order valence-corrected chi connectivity index (χ1v) is 5.87. The Kier molecular flexibility index (Phi) is 3.42. The molecular weight excluding hydrogens is 176 g/mol. The number of ether oxygens (including phenoxy) is 1. The van der Waals surface area contributed by atoms with Crippen LogP contribution < -0.4 is 5.32 Å². The summed E-state index contributed by atoms with van der Waals surface area (Å²) in [6.07, 6.45) is 2.98. The molecule has 14 heavy (non-hydrogen) atoms. The lowest BCUT2D eigenvalue weighted by molar-refractivity contribution is 0.00833. The van der Waals surface area contributed by atoms with Crippen molar-refractivity contribution in [2.45, 2.75) is 44.9 Å². The number of nitrogens with one attached hydrogen (secondary N) is 1. The Morgan fingerprint density at radius 2 is 2.36 bits per heavy atom. The van der Waals surface area contributed by atoms with Crippen LogP contribution in [0.5, 0.6) is 0 Å². The van der Waals surface area contributed by atoms with Gasteiger partial charge in [-0.15, -0.1) is 0 Å². The summed E-state index contributed by atoms with van der Waals surface area (Å²) in [5, 5.41) is 3.43. The summed E-state index contributed by atoms with van der Waals surface area (Å²) in [5.74, 6) is 0. The smallest absolute Gasteiger partial charge is 0.0728 e. The zero-order valence-corrected chi connectivity index (χ0v) is 9.33. The normalized spacial score (nSPS) is 37.3. The molecule has 3 nitrogen and oxygen atoms in total. The molecule has 0 aromatic carbocycles. The molecule has 0 bridgehead atoms. The van der Waals surface area contributed by atoms with Gasteiger partial charge in [0.15, 0.2) is 0 Å². The molecule has 0 radical (unpaired) electrons. The van der Waals surface area contributed by atoms with Crippen molar-refractivity contribution in [3.05, 3.63) is 0 Å². The maximum atomic E-state index is 5.75. The molecular formula is C11H22N2O. The minimum Gasteiger partial charge on any atom is -0.377 e. The molecule has 0 aliphatic carbocycles. The van der Waals surface area contributed by atoms with Gasteiger partial charge in [0, 0.05) is 38.3 Å². The monoisotopic (exact) mass is 198 g/mol. The van der Waals surface area contributed by atoms with E-state index in [-0.39, 0.29) is 0 Å². The van der Waals surface area contributed by atoms with E-state index in [1.807, 2.05) is 0 Å². The average Bonchev–Trinajstić information content (AvgIpc) is 2.70. The maximum absolute atomic E-state index is 5.75. The molecule has 0 aromatic rings. The van der Waals surface area contributed by atoms with Gasteiger partial charge in [0.2, 0.25) is 0 Å². The second-order valence-electron chi connectivity index (χ2n) is 4.58. The summed E-state index contributed by atoms with van der Waals surface area (Å²) in [7, 11) is 0. The number of nitrogens with zero attached hydrogens (tertiary/aromatic N) is 1. The van der Waals surface area contributed by atoms with Crippen LogP contribution in [0.25, 0.3) is 0 Å². The number of hydrogen-bond donors (Lipinski definition) is 1. The van der Waals surface area contributed by atoms with Gasteiger partial charge in [0.05, 0.1) is 6.10 Å². The predicted octanol–water partition coefficient (Wildman–Crippen LogP) is 0.848. The Bertz CT molecular complexity index is 180. The summed E-state index contributed by atoms with van der Waals surface area (Å²) in [4.78, 5) is 2.59. The molecule has 2 aliphatic heterocycles. The molecule has 0 saturated carbocycles. The van der Waals surface area contributed by atoms with E-state index < -0.39 is 0 Å². The minimum absolute atomic E-state index is 0.482. The number of piperazine rings is 1. The van der Waals surface area contributed by atoms with Crippen LogP contribution in [0, 0.1) is 0 Å². The van der Waals surface area contributed by atoms with Crippen molar-refractivity contribution >= 4 is 0 Å². The van der Waals surface area contributed by atoms with E-state index in [1.54, 1.807) is 0 Å². The van der Waals surface area contributed by atoms with Gasteiger partial charge in [-0.2, -0.15) is 0 Å². The minimum atomic E-state index is 0.482. The Balaban J connectivity index is 1.91. The zero-order chi connectivity index (χ0) is 9.97. The molecule has 2 saturated heterocycles. The van der Waals surface area contributed by atoms with Crippen molar-refractivity contribution in [1.82, 2.24) is 10.2 Å². The van der Waals surface area contributed by atoms with Crippen LogP contribution >= 0.6 is 0 Å². The summed E-state index contributed by atoms with van der Waals surface area (Å²) in [6, 6.07) is 1.25. The van der Waals surface area contributed by atoms with E-state index in [9.17, 15) is 0 Å². The Morgan fingerprint density at radius 1 is 1.50 bits per heavy atom. The molecule has 82 valence electrons. The van der Waals surface area contributed by atoms with Crippen LogP contribution in [-0.2, 0) is 4.74 Å². The topological polar surface area (TPSA) is 24.5 Å². The van der Waals surface area contributed by atoms with Crippen molar-refractivity contribution < 1.29 is 4.74 Å². The van der Waals surface area contributed by atoms with Gasteiger partial charge < -0.3 is 10.1 Å². The van der Waals surface area contributed by atoms with E-state index in [0.29, 0.717) is 18.2 Å². The highest BCUT2D eigenvalue weighted by Gasteiger charge is 2.30. The van der Waals surface area contributed by atoms with E-state index in [1.165, 1.54) is 19.4 Å². The zero-order valence-electron chi connectivity index (χ0n) is 9.33. The van der Waals surface area contributed by atoms with Crippen molar-refractivity contribution in [1.29, 1.82) is 0 Å². The number of hydrogen-bond acceptors (Lipinski definition) is 3. The second kappa shape index (κ2) is 4.60. The first kappa shape index (κ1) is 10.4. The van der Waals surface area contributed by atoms with E-state index >= 15 is 0 Å². The lowest BCUT2D eigenvalue weighted by Crippen LogP contribution is -2.55. The van der Waals surface area contributed by atoms with Gasteiger partial charge in [0.25, 0.3) is 0 Å². The lowest BCUT2D eigenvalue weighted by Gasteiger charge is -2.40. The first-order valence-electron chi connectivity index (χ1n) is 5.87. The van der Waals surface area contributed by atoms with Crippen LogP contribution in [0.2, 0.25) is 0 Å². The standard InChI is InChI=1S/C11H22N2O/c1-9-8-12-5-6-13(9)10(2)11-4-3-7-14-11/h9-12H,3-8H2,1-2H3. The second-order valence-corrected chi connectivity index (χ2v) is 4.58. The lowest BCUT2D eigenvalue weighted by atomic mass is 10.0. The van der Waals surface area contributed by atoms with Gasteiger partial charge in [-0.3, -0.25) is 4.90 Å². The van der Waals surface area contributed by atoms with Crippen LogP contribution in [0.1, 0.15) is 26.7 Å². The Hall–Kier alpha value is -0.120. The summed E-state index contributed by atoms with van der Waals surface area (Å²) in [6.45, 7) is 9.01. The quantitative estimate of drug-likeness (QED) is 0.712. The summed E-state index contributed by atoms with van der Waals surface area (Å²) >= 11 is 0. The fourth-order valence-electron chi connectivity index (χ4n) is 2.66. The van der Waals surface area contributed by atoms with Crippen molar-refractivity contribution in [2.75, 3.05) is 26.2 Å². The van der Waals surface area contributed by atoms with Gasteiger partial charge in [-0.25, -0.2) is 0 Å². The third-order valence-electron chi connectivity index (χ3n) is 3.58.